The molecule has 0 bridgehead atoms. The summed E-state index contributed by atoms with van der Waals surface area (Å²) >= 11 is 0. The van der Waals surface area contributed by atoms with Gasteiger partial charge in [-0.3, -0.25) is 0 Å². The van der Waals surface area contributed by atoms with E-state index in [1.54, 1.807) is 0 Å². The highest BCUT2D eigenvalue weighted by molar-refractivity contribution is 5.84. The lowest BCUT2D eigenvalue weighted by Gasteiger charge is -2.27. The Bertz CT molecular complexity index is 1020. The van der Waals surface area contributed by atoms with Crippen LogP contribution >= 0.6 is 0 Å². The van der Waals surface area contributed by atoms with Crippen molar-refractivity contribution in [3.05, 3.63) is 94.8 Å². The first-order valence-electron chi connectivity index (χ1n) is 12.1. The lowest BCUT2D eigenvalue weighted by molar-refractivity contribution is 0.375. The van der Waals surface area contributed by atoms with Crippen LogP contribution in [0.15, 0.2) is 66.7 Å². The summed E-state index contributed by atoms with van der Waals surface area (Å²) < 4.78 is 14.7. The molecule has 1 fully saturated rings. The van der Waals surface area contributed by atoms with E-state index in [4.69, 9.17) is 0 Å². The zero-order valence-corrected chi connectivity index (χ0v) is 19.0. The predicted molar refractivity (Wildman–Crippen MR) is 131 cm³/mol. The van der Waals surface area contributed by atoms with Gasteiger partial charge in [-0.15, -0.1) is 0 Å². The topological polar surface area (TPSA) is 0 Å². The van der Waals surface area contributed by atoms with Gasteiger partial charge in [0.2, 0.25) is 0 Å². The summed E-state index contributed by atoms with van der Waals surface area (Å²) in [5.41, 5.74) is 5.00. The van der Waals surface area contributed by atoms with Crippen molar-refractivity contribution in [1.29, 1.82) is 0 Å². The fourth-order valence-electron chi connectivity index (χ4n) is 5.17. The molecule has 3 aromatic rings. The van der Waals surface area contributed by atoms with E-state index in [0.29, 0.717) is 0 Å². The van der Waals surface area contributed by atoms with Gasteiger partial charge in [-0.05, 0) is 91.3 Å². The molecule has 4 rings (SSSR count). The molecule has 0 spiro atoms. The van der Waals surface area contributed by atoms with Crippen LogP contribution in [-0.4, -0.2) is 0 Å². The molecule has 0 amide bonds. The van der Waals surface area contributed by atoms with Gasteiger partial charge in [0.25, 0.3) is 0 Å². The normalized spacial score (nSPS) is 19.3. The maximum atomic E-state index is 14.7. The standard InChI is InChI=1S/C30H35F/c1-3-5-22-9-14-25(15-10-22)26-16-11-23(12-17-26)7-8-24-13-20-29-28(21-24)19-18-27(6-4-2)30(29)31/h3,5,11-13,16-22,25H,4,6-10,14-15H2,1-2H3/b5-3+. The summed E-state index contributed by atoms with van der Waals surface area (Å²) in [4.78, 5) is 0. The number of fused-ring (bicyclic) bond motifs is 1. The molecule has 1 heteroatoms. The van der Waals surface area contributed by atoms with Crippen molar-refractivity contribution in [1.82, 2.24) is 0 Å². The average molecular weight is 415 g/mol. The van der Waals surface area contributed by atoms with E-state index in [-0.39, 0.29) is 5.82 Å². The third-order valence-corrected chi connectivity index (χ3v) is 7.01. The molecule has 1 aliphatic rings. The molecule has 1 aliphatic carbocycles. The molecular weight excluding hydrogens is 379 g/mol. The van der Waals surface area contributed by atoms with E-state index in [9.17, 15) is 4.39 Å². The van der Waals surface area contributed by atoms with Crippen LogP contribution in [0.2, 0.25) is 0 Å². The molecule has 1 saturated carbocycles. The molecule has 0 aliphatic heterocycles. The van der Waals surface area contributed by atoms with Crippen molar-refractivity contribution in [3.8, 4) is 0 Å². The predicted octanol–water partition coefficient (Wildman–Crippen LogP) is 8.57. The minimum absolute atomic E-state index is 0.0405. The Morgan fingerprint density at radius 3 is 2.26 bits per heavy atom. The molecule has 0 unspecified atom stereocenters. The minimum atomic E-state index is -0.0405. The molecule has 0 radical (unpaired) electrons. The van der Waals surface area contributed by atoms with Crippen molar-refractivity contribution in [2.24, 2.45) is 5.92 Å². The average Bonchev–Trinajstić information content (AvgIpc) is 2.81. The summed E-state index contributed by atoms with van der Waals surface area (Å²) in [5.74, 6) is 1.47. The second kappa shape index (κ2) is 10.3. The summed E-state index contributed by atoms with van der Waals surface area (Å²) in [6, 6.07) is 19.6. The summed E-state index contributed by atoms with van der Waals surface area (Å²) in [7, 11) is 0. The van der Waals surface area contributed by atoms with Crippen LogP contribution in [0.3, 0.4) is 0 Å². The van der Waals surface area contributed by atoms with Gasteiger partial charge in [0, 0.05) is 5.39 Å². The van der Waals surface area contributed by atoms with Crippen LogP contribution in [0.5, 0.6) is 0 Å². The molecule has 162 valence electrons. The number of benzene rings is 3. The number of rotatable bonds is 7. The van der Waals surface area contributed by atoms with Gasteiger partial charge < -0.3 is 0 Å². The largest absolute Gasteiger partial charge is 0.206 e. The minimum Gasteiger partial charge on any atom is -0.206 e. The maximum Gasteiger partial charge on any atom is 0.134 e. The molecular formula is C30H35F. The molecule has 0 aromatic heterocycles. The van der Waals surface area contributed by atoms with Crippen molar-refractivity contribution in [3.63, 3.8) is 0 Å². The zero-order chi connectivity index (χ0) is 21.6. The quantitative estimate of drug-likeness (QED) is 0.340. The number of halogens is 1. The van der Waals surface area contributed by atoms with Crippen LogP contribution in [0.25, 0.3) is 10.8 Å². The molecule has 0 N–H and O–H groups in total. The van der Waals surface area contributed by atoms with Gasteiger partial charge in [-0.1, -0.05) is 80.1 Å². The molecule has 0 heterocycles. The van der Waals surface area contributed by atoms with Crippen LogP contribution in [0.4, 0.5) is 4.39 Å². The van der Waals surface area contributed by atoms with Gasteiger partial charge in [-0.2, -0.15) is 0 Å². The molecule has 31 heavy (non-hydrogen) atoms. The van der Waals surface area contributed by atoms with Crippen molar-refractivity contribution in [2.45, 2.75) is 71.1 Å². The highest BCUT2D eigenvalue weighted by atomic mass is 19.1. The highest BCUT2D eigenvalue weighted by Crippen LogP contribution is 2.36. The molecule has 3 aromatic carbocycles. The van der Waals surface area contributed by atoms with E-state index in [0.717, 1.165) is 53.9 Å². The second-order valence-corrected chi connectivity index (χ2v) is 9.22. The lowest BCUT2D eigenvalue weighted by atomic mass is 9.78. The van der Waals surface area contributed by atoms with Gasteiger partial charge in [0.1, 0.15) is 5.82 Å². The number of hydrogen-bond acceptors (Lipinski definition) is 0. The van der Waals surface area contributed by atoms with Gasteiger partial charge in [-0.25, -0.2) is 4.39 Å². The Labute approximate surface area is 187 Å². The van der Waals surface area contributed by atoms with Gasteiger partial charge >= 0.3 is 0 Å². The Kier molecular flexibility index (Phi) is 7.22. The Morgan fingerprint density at radius 2 is 1.55 bits per heavy atom. The van der Waals surface area contributed by atoms with Crippen molar-refractivity contribution < 1.29 is 4.39 Å². The smallest absolute Gasteiger partial charge is 0.134 e. The van der Waals surface area contributed by atoms with Gasteiger partial charge in [0.15, 0.2) is 0 Å². The highest BCUT2D eigenvalue weighted by Gasteiger charge is 2.20. The number of hydrogen-bond donors (Lipinski definition) is 0. The summed E-state index contributed by atoms with van der Waals surface area (Å²) in [5, 5.41) is 1.77. The molecule has 0 nitrogen and oxygen atoms in total. The van der Waals surface area contributed by atoms with E-state index >= 15 is 0 Å². The second-order valence-electron chi connectivity index (χ2n) is 9.22. The van der Waals surface area contributed by atoms with Crippen LogP contribution in [0.1, 0.15) is 74.1 Å². The van der Waals surface area contributed by atoms with Crippen molar-refractivity contribution >= 4 is 10.8 Å². The summed E-state index contributed by atoms with van der Waals surface area (Å²) in [6.45, 7) is 4.22. The Balaban J connectivity index is 1.37. The monoisotopic (exact) mass is 414 g/mol. The fraction of sp³-hybridized carbons (Fsp3) is 0.400. The summed E-state index contributed by atoms with van der Waals surface area (Å²) in [6.07, 6.45) is 13.6. The third kappa shape index (κ3) is 5.26. The zero-order valence-electron chi connectivity index (χ0n) is 19.0. The first-order valence-corrected chi connectivity index (χ1v) is 12.1. The lowest BCUT2D eigenvalue weighted by Crippen LogP contribution is -2.11. The number of allylic oxidation sites excluding steroid dienone is 2. The van der Waals surface area contributed by atoms with Crippen molar-refractivity contribution in [2.75, 3.05) is 0 Å². The van der Waals surface area contributed by atoms with Crippen LogP contribution in [-0.2, 0) is 19.3 Å². The Hall–Kier alpha value is -2.41. The first kappa shape index (κ1) is 21.8. The fourth-order valence-corrected chi connectivity index (χ4v) is 5.17. The third-order valence-electron chi connectivity index (χ3n) is 7.01. The number of aryl methyl sites for hydroxylation is 3. The van der Waals surface area contributed by atoms with E-state index in [1.807, 2.05) is 12.1 Å². The first-order chi connectivity index (χ1) is 15.2. The Morgan fingerprint density at radius 1 is 0.839 bits per heavy atom. The molecule has 0 atom stereocenters. The SMILES string of the molecule is C/C=C/C1CCC(c2ccc(CCc3ccc4c(F)c(CCC)ccc4c3)cc2)CC1. The van der Waals surface area contributed by atoms with E-state index < -0.39 is 0 Å². The maximum absolute atomic E-state index is 14.7. The van der Waals surface area contributed by atoms with Crippen LogP contribution in [0, 0.1) is 11.7 Å². The van der Waals surface area contributed by atoms with Crippen LogP contribution < -0.4 is 0 Å². The van der Waals surface area contributed by atoms with E-state index in [2.05, 4.69) is 68.5 Å². The van der Waals surface area contributed by atoms with E-state index in [1.165, 1.54) is 42.4 Å². The van der Waals surface area contributed by atoms with Gasteiger partial charge in [0.05, 0.1) is 0 Å². The molecule has 0 saturated heterocycles.